The van der Waals surface area contributed by atoms with Crippen LogP contribution in [-0.4, -0.2) is 43.0 Å². The zero-order valence-corrected chi connectivity index (χ0v) is 18.4. The predicted octanol–water partition coefficient (Wildman–Crippen LogP) is 2.46. The minimum Gasteiger partial charge on any atom is -0.457 e. The normalized spacial score (nSPS) is 15.2. The molecule has 1 fully saturated rings. The summed E-state index contributed by atoms with van der Waals surface area (Å²) >= 11 is 0. The number of carbonyl (C=O) groups is 1. The summed E-state index contributed by atoms with van der Waals surface area (Å²) in [4.78, 5) is 47.0. The van der Waals surface area contributed by atoms with Crippen LogP contribution in [0.25, 0.3) is 16.9 Å². The smallest absolute Gasteiger partial charge is 0.335 e. The molecule has 9 heteroatoms. The molecule has 170 valence electrons. The second-order valence-corrected chi connectivity index (χ2v) is 7.87. The average Bonchev–Trinajstić information content (AvgIpc) is 3.43. The Bertz CT molecular complexity index is 1540. The number of imidazole rings is 1. The van der Waals surface area contributed by atoms with Crippen LogP contribution in [0.3, 0.4) is 0 Å². The fraction of sp³-hybridized carbons (Fsp3) is 0.200. The molecule has 0 bridgehead atoms. The highest BCUT2D eigenvalue weighted by atomic mass is 16.5. The third-order valence-electron chi connectivity index (χ3n) is 5.78. The summed E-state index contributed by atoms with van der Waals surface area (Å²) in [6.45, 7) is 2.41. The van der Waals surface area contributed by atoms with Crippen molar-refractivity contribution in [2.45, 2.75) is 19.4 Å². The summed E-state index contributed by atoms with van der Waals surface area (Å²) in [5.74, 6) is 6.16. The van der Waals surface area contributed by atoms with Gasteiger partial charge in [-0.25, -0.2) is 9.78 Å². The molecule has 2 aromatic carbocycles. The van der Waals surface area contributed by atoms with E-state index in [1.807, 2.05) is 30.3 Å². The number of nitrogens with one attached hydrogen (secondary N) is 1. The molecule has 34 heavy (non-hydrogen) atoms. The van der Waals surface area contributed by atoms with Crippen LogP contribution >= 0.6 is 0 Å². The molecule has 0 aliphatic carbocycles. The second-order valence-electron chi connectivity index (χ2n) is 7.87. The lowest BCUT2D eigenvalue weighted by atomic mass is 10.2. The standard InChI is InChI=1S/C25H21N5O4/c1-2-6-21(31)28-14-13-18(15-28)30-23-22(24(32)27-16-26-23)29(25(30)33)17-9-11-20(12-10-17)34-19-7-4-3-5-8-19/h3-5,7-12,16,18H,13-15H2,1H3,(H,26,27,32)/t18-/m1/s1. The van der Waals surface area contributed by atoms with Crippen LogP contribution < -0.4 is 16.0 Å². The maximum Gasteiger partial charge on any atom is 0.335 e. The van der Waals surface area contributed by atoms with Gasteiger partial charge in [0.25, 0.3) is 11.5 Å². The van der Waals surface area contributed by atoms with Gasteiger partial charge in [-0.1, -0.05) is 24.1 Å². The van der Waals surface area contributed by atoms with Crippen LogP contribution in [0.2, 0.25) is 0 Å². The number of hydrogen-bond acceptors (Lipinski definition) is 5. The molecule has 0 unspecified atom stereocenters. The number of ether oxygens (including phenoxy) is 1. The molecule has 1 N–H and O–H groups in total. The number of amides is 1. The molecule has 0 radical (unpaired) electrons. The fourth-order valence-corrected chi connectivity index (χ4v) is 4.23. The first-order valence-electron chi connectivity index (χ1n) is 10.8. The molecule has 4 aromatic rings. The Morgan fingerprint density at radius 1 is 1.09 bits per heavy atom. The SMILES string of the molecule is CC#CC(=O)N1CC[C@@H](n2c(=O)n(-c3ccc(Oc4ccccc4)cc3)c3c(=O)[nH]cnc32)C1. The highest BCUT2D eigenvalue weighted by Gasteiger charge is 2.31. The van der Waals surface area contributed by atoms with E-state index in [1.54, 1.807) is 36.1 Å². The molecule has 0 spiro atoms. The maximum absolute atomic E-state index is 13.6. The van der Waals surface area contributed by atoms with E-state index in [0.717, 1.165) is 0 Å². The van der Waals surface area contributed by atoms with Crippen LogP contribution in [-0.2, 0) is 4.79 Å². The number of hydrogen-bond donors (Lipinski definition) is 1. The molecule has 5 rings (SSSR count). The Labute approximate surface area is 194 Å². The number of aromatic nitrogens is 4. The van der Waals surface area contributed by atoms with Gasteiger partial charge in [-0.05, 0) is 55.7 Å². The lowest BCUT2D eigenvalue weighted by Crippen LogP contribution is -2.31. The Hall–Kier alpha value is -4.58. The lowest BCUT2D eigenvalue weighted by Gasteiger charge is -2.14. The summed E-state index contributed by atoms with van der Waals surface area (Å²) in [7, 11) is 0. The topological polar surface area (TPSA) is 102 Å². The van der Waals surface area contributed by atoms with E-state index in [2.05, 4.69) is 21.8 Å². The van der Waals surface area contributed by atoms with Gasteiger partial charge < -0.3 is 14.6 Å². The molecule has 1 aliphatic heterocycles. The van der Waals surface area contributed by atoms with Crippen molar-refractivity contribution in [1.82, 2.24) is 24.0 Å². The van der Waals surface area contributed by atoms with Crippen LogP contribution in [0.1, 0.15) is 19.4 Å². The lowest BCUT2D eigenvalue weighted by molar-refractivity contribution is -0.124. The number of aromatic amines is 1. The number of fused-ring (bicyclic) bond motifs is 1. The van der Waals surface area contributed by atoms with Crippen molar-refractivity contribution in [3.05, 3.63) is 81.8 Å². The van der Waals surface area contributed by atoms with Crippen molar-refractivity contribution < 1.29 is 9.53 Å². The number of likely N-dealkylation sites (tertiary alicyclic amines) is 1. The van der Waals surface area contributed by atoms with Crippen LogP contribution in [0.4, 0.5) is 0 Å². The van der Waals surface area contributed by atoms with E-state index >= 15 is 0 Å². The summed E-state index contributed by atoms with van der Waals surface area (Å²) in [5.41, 5.74) is 0.127. The largest absolute Gasteiger partial charge is 0.457 e. The molecule has 1 atom stereocenters. The van der Waals surface area contributed by atoms with Gasteiger partial charge in [0, 0.05) is 13.1 Å². The van der Waals surface area contributed by atoms with Crippen LogP contribution in [0.5, 0.6) is 11.5 Å². The molecular formula is C25H21N5O4. The van der Waals surface area contributed by atoms with Gasteiger partial charge in [-0.15, -0.1) is 0 Å². The molecule has 1 amide bonds. The number of nitrogens with zero attached hydrogens (tertiary/aromatic N) is 4. The van der Waals surface area contributed by atoms with Gasteiger partial charge in [0.2, 0.25) is 0 Å². The van der Waals surface area contributed by atoms with E-state index in [-0.39, 0.29) is 23.1 Å². The van der Waals surface area contributed by atoms with E-state index in [1.165, 1.54) is 15.5 Å². The minimum atomic E-state index is -0.423. The van der Waals surface area contributed by atoms with Crippen molar-refractivity contribution >= 4 is 17.1 Å². The Balaban J connectivity index is 1.54. The monoisotopic (exact) mass is 455 g/mol. The highest BCUT2D eigenvalue weighted by Crippen LogP contribution is 2.26. The van der Waals surface area contributed by atoms with Crippen LogP contribution in [0, 0.1) is 11.8 Å². The third-order valence-corrected chi connectivity index (χ3v) is 5.78. The van der Waals surface area contributed by atoms with E-state index in [9.17, 15) is 14.4 Å². The molecular weight excluding hydrogens is 434 g/mol. The minimum absolute atomic E-state index is 0.155. The van der Waals surface area contributed by atoms with E-state index in [4.69, 9.17) is 4.74 Å². The quantitative estimate of drug-likeness (QED) is 0.477. The maximum atomic E-state index is 13.6. The zero-order chi connectivity index (χ0) is 23.7. The molecule has 2 aromatic heterocycles. The highest BCUT2D eigenvalue weighted by molar-refractivity contribution is 5.93. The number of para-hydroxylation sites is 1. The molecule has 1 saturated heterocycles. The number of benzene rings is 2. The summed E-state index contributed by atoms with van der Waals surface area (Å²) < 4.78 is 8.69. The average molecular weight is 455 g/mol. The zero-order valence-electron chi connectivity index (χ0n) is 18.4. The van der Waals surface area contributed by atoms with Crippen LogP contribution in [0.15, 0.2) is 70.5 Å². The number of H-pyrrole nitrogens is 1. The summed E-state index contributed by atoms with van der Waals surface area (Å²) in [6.07, 6.45) is 1.84. The molecule has 1 aliphatic rings. The predicted molar refractivity (Wildman–Crippen MR) is 126 cm³/mol. The molecule has 3 heterocycles. The molecule has 9 nitrogen and oxygen atoms in total. The van der Waals surface area contributed by atoms with Gasteiger partial charge in [0.1, 0.15) is 11.5 Å². The Morgan fingerprint density at radius 2 is 1.82 bits per heavy atom. The van der Waals surface area contributed by atoms with Gasteiger partial charge in [0.15, 0.2) is 11.2 Å². The van der Waals surface area contributed by atoms with Gasteiger partial charge in [0.05, 0.1) is 18.1 Å². The summed E-state index contributed by atoms with van der Waals surface area (Å²) in [6, 6.07) is 16.0. The van der Waals surface area contributed by atoms with Crippen molar-refractivity contribution in [2.24, 2.45) is 0 Å². The third kappa shape index (κ3) is 3.75. The summed E-state index contributed by atoms with van der Waals surface area (Å²) in [5, 5.41) is 0. The van der Waals surface area contributed by atoms with Crippen molar-refractivity contribution in [2.75, 3.05) is 13.1 Å². The van der Waals surface area contributed by atoms with Gasteiger partial charge in [-0.2, -0.15) is 0 Å². The molecule has 0 saturated carbocycles. The first-order valence-corrected chi connectivity index (χ1v) is 10.8. The fourth-order valence-electron chi connectivity index (χ4n) is 4.23. The number of rotatable bonds is 4. The van der Waals surface area contributed by atoms with E-state index in [0.29, 0.717) is 36.7 Å². The van der Waals surface area contributed by atoms with E-state index < -0.39 is 11.2 Å². The van der Waals surface area contributed by atoms with Crippen molar-refractivity contribution in [3.8, 4) is 29.0 Å². The first kappa shape index (κ1) is 21.3. The van der Waals surface area contributed by atoms with Crippen molar-refractivity contribution in [1.29, 1.82) is 0 Å². The van der Waals surface area contributed by atoms with Crippen molar-refractivity contribution in [3.63, 3.8) is 0 Å². The Kier molecular flexibility index (Phi) is 5.47. The first-order chi connectivity index (χ1) is 16.6. The number of carbonyl (C=O) groups excluding carboxylic acids is 1. The Morgan fingerprint density at radius 3 is 2.56 bits per heavy atom. The second kappa shape index (κ2) is 8.75. The van der Waals surface area contributed by atoms with Gasteiger partial charge in [-0.3, -0.25) is 18.7 Å². The van der Waals surface area contributed by atoms with Gasteiger partial charge >= 0.3 is 5.69 Å².